The van der Waals surface area contributed by atoms with Crippen molar-refractivity contribution in [3.05, 3.63) is 47.2 Å². The number of urea groups is 1. The van der Waals surface area contributed by atoms with Crippen LogP contribution < -0.4 is 10.6 Å². The first kappa shape index (κ1) is 15.6. The molecule has 0 radical (unpaired) electrons. The zero-order chi connectivity index (χ0) is 15.1. The van der Waals surface area contributed by atoms with Crippen molar-refractivity contribution in [2.45, 2.75) is 58.4 Å². The third kappa shape index (κ3) is 4.92. The van der Waals surface area contributed by atoms with Crippen LogP contribution in [0, 0.1) is 0 Å². The zero-order valence-corrected chi connectivity index (χ0v) is 13.1. The van der Waals surface area contributed by atoms with E-state index in [1.165, 1.54) is 30.4 Å². The molecule has 3 heteroatoms. The van der Waals surface area contributed by atoms with Crippen LogP contribution in [0.15, 0.2) is 36.0 Å². The Balaban J connectivity index is 1.83. The first-order chi connectivity index (χ1) is 10.2. The molecule has 2 rings (SSSR count). The van der Waals surface area contributed by atoms with Crippen LogP contribution in [0.5, 0.6) is 0 Å². The monoisotopic (exact) mass is 286 g/mol. The van der Waals surface area contributed by atoms with E-state index in [-0.39, 0.29) is 12.1 Å². The average molecular weight is 286 g/mol. The molecular formula is C18H26N2O. The fraction of sp³-hybridized carbons (Fsp3) is 0.500. The van der Waals surface area contributed by atoms with Crippen LogP contribution in [0.25, 0.3) is 0 Å². The average Bonchev–Trinajstić information content (AvgIpc) is 2.54. The van der Waals surface area contributed by atoms with E-state index >= 15 is 0 Å². The fourth-order valence-corrected chi connectivity index (χ4v) is 2.68. The van der Waals surface area contributed by atoms with Crippen LogP contribution in [-0.2, 0) is 6.42 Å². The summed E-state index contributed by atoms with van der Waals surface area (Å²) in [6.45, 7) is 4.15. The summed E-state index contributed by atoms with van der Waals surface area (Å²) in [4.78, 5) is 11.9. The van der Waals surface area contributed by atoms with E-state index in [1.54, 1.807) is 0 Å². The van der Waals surface area contributed by atoms with Gasteiger partial charge < -0.3 is 10.6 Å². The molecule has 114 valence electrons. The van der Waals surface area contributed by atoms with Gasteiger partial charge in [-0.25, -0.2) is 4.79 Å². The number of benzene rings is 1. The number of rotatable bonds is 4. The molecule has 1 aliphatic carbocycles. The Bertz CT molecular complexity index is 482. The van der Waals surface area contributed by atoms with Crippen molar-refractivity contribution in [3.63, 3.8) is 0 Å². The summed E-state index contributed by atoms with van der Waals surface area (Å²) in [5.74, 6) is 0. The molecule has 1 fully saturated rings. The van der Waals surface area contributed by atoms with Gasteiger partial charge in [0, 0.05) is 6.20 Å². The van der Waals surface area contributed by atoms with Crippen molar-refractivity contribution in [2.24, 2.45) is 0 Å². The minimum absolute atomic E-state index is 0.0145. The Morgan fingerprint density at radius 2 is 1.86 bits per heavy atom. The number of allylic oxidation sites excluding steroid dienone is 1. The molecule has 0 bridgehead atoms. The van der Waals surface area contributed by atoms with Crippen LogP contribution in [0.4, 0.5) is 4.79 Å². The van der Waals surface area contributed by atoms with Crippen LogP contribution >= 0.6 is 0 Å². The van der Waals surface area contributed by atoms with Crippen molar-refractivity contribution in [2.75, 3.05) is 0 Å². The predicted molar refractivity (Wildman–Crippen MR) is 87.1 cm³/mol. The van der Waals surface area contributed by atoms with Crippen LogP contribution in [0.2, 0.25) is 0 Å². The number of hydrogen-bond donors (Lipinski definition) is 2. The molecule has 1 aromatic carbocycles. The second kappa shape index (κ2) is 7.87. The van der Waals surface area contributed by atoms with Crippen molar-refractivity contribution >= 4 is 6.03 Å². The van der Waals surface area contributed by atoms with Gasteiger partial charge in [-0.3, -0.25) is 0 Å². The fourth-order valence-electron chi connectivity index (χ4n) is 2.68. The van der Waals surface area contributed by atoms with E-state index in [1.807, 2.05) is 13.1 Å². The summed E-state index contributed by atoms with van der Waals surface area (Å²) in [7, 11) is 0. The molecule has 1 saturated carbocycles. The number of hydrogen-bond acceptors (Lipinski definition) is 1. The van der Waals surface area contributed by atoms with Crippen molar-refractivity contribution in [1.82, 2.24) is 10.6 Å². The lowest BCUT2D eigenvalue weighted by molar-refractivity contribution is 0.241. The Labute approximate surface area is 127 Å². The number of amides is 2. The molecule has 1 atom stereocenters. The minimum Gasteiger partial charge on any atom is -0.331 e. The Morgan fingerprint density at radius 1 is 1.19 bits per heavy atom. The molecule has 3 nitrogen and oxygen atoms in total. The van der Waals surface area contributed by atoms with Gasteiger partial charge in [0.25, 0.3) is 0 Å². The first-order valence-electron chi connectivity index (χ1n) is 8.03. The highest BCUT2D eigenvalue weighted by Crippen LogP contribution is 2.21. The Morgan fingerprint density at radius 3 is 2.48 bits per heavy atom. The molecule has 2 N–H and O–H groups in total. The van der Waals surface area contributed by atoms with E-state index in [2.05, 4.69) is 41.8 Å². The van der Waals surface area contributed by atoms with Gasteiger partial charge in [0.2, 0.25) is 0 Å². The van der Waals surface area contributed by atoms with E-state index in [0.29, 0.717) is 0 Å². The van der Waals surface area contributed by atoms with Crippen molar-refractivity contribution in [1.29, 1.82) is 0 Å². The SMILES string of the molecule is CCc1ccc(C(C)NC(=O)NC=C2CCCCC2)cc1. The second-order valence-corrected chi connectivity index (χ2v) is 5.80. The maximum atomic E-state index is 11.9. The quantitative estimate of drug-likeness (QED) is 0.843. The molecular weight excluding hydrogens is 260 g/mol. The molecule has 0 aliphatic heterocycles. The summed E-state index contributed by atoms with van der Waals surface area (Å²) >= 11 is 0. The lowest BCUT2D eigenvalue weighted by atomic mass is 9.96. The number of carbonyl (C=O) groups is 1. The third-order valence-corrected chi connectivity index (χ3v) is 4.14. The van der Waals surface area contributed by atoms with Gasteiger partial charge in [0.15, 0.2) is 0 Å². The molecule has 2 amide bonds. The molecule has 0 aromatic heterocycles. The number of nitrogens with one attached hydrogen (secondary N) is 2. The van der Waals surface area contributed by atoms with Crippen molar-refractivity contribution in [3.8, 4) is 0 Å². The standard InChI is InChI=1S/C18H26N2O/c1-3-15-9-11-17(12-10-15)14(2)20-18(21)19-13-16-7-5-4-6-8-16/h9-14H,3-8H2,1-2H3,(H2,19,20,21). The Hall–Kier alpha value is -1.77. The van der Waals surface area contributed by atoms with Gasteiger partial charge in [-0.1, -0.05) is 43.2 Å². The molecule has 1 unspecified atom stereocenters. The largest absolute Gasteiger partial charge is 0.331 e. The summed E-state index contributed by atoms with van der Waals surface area (Å²) in [6, 6.07) is 8.30. The summed E-state index contributed by atoms with van der Waals surface area (Å²) in [5.41, 5.74) is 3.81. The van der Waals surface area contributed by atoms with Crippen LogP contribution in [-0.4, -0.2) is 6.03 Å². The molecule has 0 heterocycles. The molecule has 0 spiro atoms. The van der Waals surface area contributed by atoms with Gasteiger partial charge in [0.1, 0.15) is 0 Å². The van der Waals surface area contributed by atoms with Crippen LogP contribution in [0.3, 0.4) is 0 Å². The first-order valence-corrected chi connectivity index (χ1v) is 8.03. The molecule has 1 aromatic rings. The minimum atomic E-state index is -0.125. The topological polar surface area (TPSA) is 41.1 Å². The number of aryl methyl sites for hydroxylation is 1. The lowest BCUT2D eigenvalue weighted by Gasteiger charge is -2.16. The van der Waals surface area contributed by atoms with Gasteiger partial charge in [0.05, 0.1) is 6.04 Å². The third-order valence-electron chi connectivity index (χ3n) is 4.14. The summed E-state index contributed by atoms with van der Waals surface area (Å²) in [5, 5.41) is 5.84. The van der Waals surface area contributed by atoms with E-state index in [0.717, 1.165) is 24.8 Å². The maximum Gasteiger partial charge on any atom is 0.319 e. The van der Waals surface area contributed by atoms with Gasteiger partial charge in [-0.2, -0.15) is 0 Å². The Kier molecular flexibility index (Phi) is 5.85. The highest BCUT2D eigenvalue weighted by Gasteiger charge is 2.09. The van der Waals surface area contributed by atoms with Crippen LogP contribution in [0.1, 0.15) is 63.1 Å². The smallest absolute Gasteiger partial charge is 0.319 e. The van der Waals surface area contributed by atoms with Gasteiger partial charge in [-0.15, -0.1) is 0 Å². The summed E-state index contributed by atoms with van der Waals surface area (Å²) < 4.78 is 0. The number of carbonyl (C=O) groups excluding carboxylic acids is 1. The van der Waals surface area contributed by atoms with Crippen molar-refractivity contribution < 1.29 is 4.79 Å². The zero-order valence-electron chi connectivity index (χ0n) is 13.1. The van der Waals surface area contributed by atoms with Gasteiger partial charge in [-0.05, 0) is 50.2 Å². The highest BCUT2D eigenvalue weighted by atomic mass is 16.2. The normalized spacial score (nSPS) is 16.2. The second-order valence-electron chi connectivity index (χ2n) is 5.80. The molecule has 21 heavy (non-hydrogen) atoms. The highest BCUT2D eigenvalue weighted by molar-refractivity contribution is 5.75. The predicted octanol–water partition coefficient (Wildman–Crippen LogP) is 4.46. The van der Waals surface area contributed by atoms with Gasteiger partial charge >= 0.3 is 6.03 Å². The molecule has 1 aliphatic rings. The maximum absolute atomic E-state index is 11.9. The van der Waals surface area contributed by atoms with E-state index in [9.17, 15) is 4.79 Å². The molecule has 0 saturated heterocycles. The lowest BCUT2D eigenvalue weighted by Crippen LogP contribution is -2.34. The summed E-state index contributed by atoms with van der Waals surface area (Å²) in [6.07, 6.45) is 8.97. The van der Waals surface area contributed by atoms with E-state index in [4.69, 9.17) is 0 Å². The van der Waals surface area contributed by atoms with E-state index < -0.39 is 0 Å².